The van der Waals surface area contributed by atoms with Crippen LogP contribution in [-0.2, 0) is 20.3 Å². The molecular weight excluding hydrogens is 514 g/mol. The molecule has 4 aromatic rings. The van der Waals surface area contributed by atoms with E-state index in [2.05, 4.69) is 9.88 Å². The number of para-hydroxylation sites is 2. The number of amides is 1. The van der Waals surface area contributed by atoms with Gasteiger partial charge in [0.2, 0.25) is 0 Å². The molecule has 200 valence electrons. The Balaban J connectivity index is 1.24. The minimum Gasteiger partial charge on any atom is -0.462 e. The van der Waals surface area contributed by atoms with Crippen LogP contribution >= 0.6 is 0 Å². The van der Waals surface area contributed by atoms with Crippen LogP contribution in [0.5, 0.6) is 0 Å². The van der Waals surface area contributed by atoms with Crippen LogP contribution in [0.2, 0.25) is 0 Å². The minimum atomic E-state index is -3.64. The molecule has 9 heteroatoms. The highest BCUT2D eigenvalue weighted by Crippen LogP contribution is 2.25. The molecule has 39 heavy (non-hydrogen) atoms. The maximum Gasteiger partial charge on any atom is 0.340 e. The molecule has 3 aromatic carbocycles. The molecular formula is C30H29N3O5S. The van der Waals surface area contributed by atoms with Gasteiger partial charge in [-0.1, -0.05) is 42.5 Å². The van der Waals surface area contributed by atoms with E-state index in [-0.39, 0.29) is 22.5 Å². The number of esters is 1. The highest BCUT2D eigenvalue weighted by Gasteiger charge is 2.25. The number of ether oxygens (including phenoxy) is 1. The number of rotatable bonds is 7. The van der Waals surface area contributed by atoms with Crippen LogP contribution in [0.15, 0.2) is 90.0 Å². The van der Waals surface area contributed by atoms with Crippen LogP contribution in [0.4, 0.5) is 5.69 Å². The highest BCUT2D eigenvalue weighted by molar-refractivity contribution is 7.90. The quantitative estimate of drug-likeness (QED) is 0.320. The Kier molecular flexibility index (Phi) is 7.60. The summed E-state index contributed by atoms with van der Waals surface area (Å²) in [5, 5.41) is 0.768. The smallest absolute Gasteiger partial charge is 0.340 e. The Morgan fingerprint density at radius 1 is 0.872 bits per heavy atom. The second-order valence-corrected chi connectivity index (χ2v) is 11.3. The fourth-order valence-electron chi connectivity index (χ4n) is 4.83. The number of anilines is 1. The second-order valence-electron chi connectivity index (χ2n) is 9.30. The monoisotopic (exact) mass is 543 g/mol. The van der Waals surface area contributed by atoms with Crippen LogP contribution in [-0.4, -0.2) is 63.0 Å². The standard InChI is InChI=1S/C30H29N3O5S/c1-2-38-30(35)25-9-3-4-10-26(25)32-17-19-33(20-18-32)29(34)24-14-12-22(13-15-24)21-39(36,37)27-11-5-7-23-8-6-16-31-28(23)27/h3-16H,2,17-21H2,1H3. The van der Waals surface area contributed by atoms with Crippen LogP contribution < -0.4 is 4.90 Å². The Labute approximate surface area is 227 Å². The van der Waals surface area contributed by atoms with Gasteiger partial charge in [0.25, 0.3) is 5.91 Å². The predicted octanol–water partition coefficient (Wildman–Crippen LogP) is 4.35. The average Bonchev–Trinajstić information content (AvgIpc) is 2.97. The molecule has 1 aromatic heterocycles. The fourth-order valence-corrected chi connectivity index (χ4v) is 6.37. The summed E-state index contributed by atoms with van der Waals surface area (Å²) < 4.78 is 31.6. The number of sulfone groups is 1. The molecule has 0 spiro atoms. The third-order valence-electron chi connectivity index (χ3n) is 6.80. The van der Waals surface area contributed by atoms with Crippen molar-refractivity contribution in [2.45, 2.75) is 17.6 Å². The van der Waals surface area contributed by atoms with E-state index in [0.717, 1.165) is 11.1 Å². The van der Waals surface area contributed by atoms with Crippen molar-refractivity contribution < 1.29 is 22.7 Å². The molecule has 0 saturated carbocycles. The zero-order chi connectivity index (χ0) is 27.4. The van der Waals surface area contributed by atoms with Crippen molar-refractivity contribution in [3.8, 4) is 0 Å². The third-order valence-corrected chi connectivity index (χ3v) is 8.51. The lowest BCUT2D eigenvalue weighted by Crippen LogP contribution is -2.49. The number of pyridine rings is 1. The summed E-state index contributed by atoms with van der Waals surface area (Å²) in [6.45, 7) is 4.24. The van der Waals surface area contributed by atoms with Gasteiger partial charge in [0.05, 0.1) is 34.0 Å². The summed E-state index contributed by atoms with van der Waals surface area (Å²) in [6, 6.07) is 22.8. The predicted molar refractivity (Wildman–Crippen MR) is 150 cm³/mol. The van der Waals surface area contributed by atoms with Crippen molar-refractivity contribution in [2.24, 2.45) is 0 Å². The first-order valence-electron chi connectivity index (χ1n) is 12.8. The molecule has 1 saturated heterocycles. The van der Waals surface area contributed by atoms with Crippen molar-refractivity contribution in [1.82, 2.24) is 9.88 Å². The molecule has 1 amide bonds. The van der Waals surface area contributed by atoms with Gasteiger partial charge < -0.3 is 14.5 Å². The molecule has 1 fully saturated rings. The number of hydrogen-bond acceptors (Lipinski definition) is 7. The SMILES string of the molecule is CCOC(=O)c1ccccc1N1CCN(C(=O)c2ccc(CS(=O)(=O)c3cccc4cccnc34)cc2)CC1. The van der Waals surface area contributed by atoms with Gasteiger partial charge >= 0.3 is 5.97 Å². The molecule has 0 unspecified atom stereocenters. The van der Waals surface area contributed by atoms with Crippen molar-refractivity contribution in [1.29, 1.82) is 0 Å². The van der Waals surface area contributed by atoms with Gasteiger partial charge in [-0.2, -0.15) is 0 Å². The Morgan fingerprint density at radius 3 is 2.33 bits per heavy atom. The van der Waals surface area contributed by atoms with E-state index in [0.29, 0.717) is 55.0 Å². The van der Waals surface area contributed by atoms with Gasteiger partial charge in [-0.05, 0) is 48.9 Å². The van der Waals surface area contributed by atoms with E-state index in [4.69, 9.17) is 4.74 Å². The van der Waals surface area contributed by atoms with E-state index in [9.17, 15) is 18.0 Å². The van der Waals surface area contributed by atoms with Crippen LogP contribution in [0, 0.1) is 0 Å². The third kappa shape index (κ3) is 5.63. The molecule has 2 heterocycles. The number of aromatic nitrogens is 1. The summed E-state index contributed by atoms with van der Waals surface area (Å²) in [7, 11) is -3.64. The summed E-state index contributed by atoms with van der Waals surface area (Å²) in [5.41, 5.74) is 2.87. The van der Waals surface area contributed by atoms with E-state index in [1.807, 2.05) is 30.3 Å². The topological polar surface area (TPSA) is 96.9 Å². The maximum atomic E-state index is 13.2. The van der Waals surface area contributed by atoms with Gasteiger partial charge in [-0.25, -0.2) is 13.2 Å². The Hall–Kier alpha value is -4.24. The number of piperazine rings is 1. The number of nitrogens with zero attached hydrogens (tertiary/aromatic N) is 3. The fraction of sp³-hybridized carbons (Fsp3) is 0.233. The number of hydrogen-bond donors (Lipinski definition) is 0. The van der Waals surface area contributed by atoms with Crippen LogP contribution in [0.1, 0.15) is 33.2 Å². The normalized spacial score (nSPS) is 13.9. The lowest BCUT2D eigenvalue weighted by atomic mass is 10.1. The molecule has 8 nitrogen and oxygen atoms in total. The first kappa shape index (κ1) is 26.4. The number of carbonyl (C=O) groups is 2. The molecule has 0 atom stereocenters. The average molecular weight is 544 g/mol. The van der Waals surface area contributed by atoms with E-state index >= 15 is 0 Å². The largest absolute Gasteiger partial charge is 0.462 e. The number of fused-ring (bicyclic) bond motifs is 1. The molecule has 0 radical (unpaired) electrons. The molecule has 0 aliphatic carbocycles. The van der Waals surface area contributed by atoms with Gasteiger partial charge in [-0.15, -0.1) is 0 Å². The van der Waals surface area contributed by atoms with Gasteiger partial charge in [-0.3, -0.25) is 9.78 Å². The van der Waals surface area contributed by atoms with Crippen molar-refractivity contribution in [3.63, 3.8) is 0 Å². The molecule has 1 aliphatic heterocycles. The zero-order valence-corrected chi connectivity index (χ0v) is 22.4. The maximum absolute atomic E-state index is 13.2. The molecule has 0 N–H and O–H groups in total. The molecule has 1 aliphatic rings. The first-order valence-corrected chi connectivity index (χ1v) is 14.5. The van der Waals surface area contributed by atoms with Crippen LogP contribution in [0.25, 0.3) is 10.9 Å². The van der Waals surface area contributed by atoms with Gasteiger partial charge in [0.1, 0.15) is 0 Å². The summed E-state index contributed by atoms with van der Waals surface area (Å²) >= 11 is 0. The van der Waals surface area contributed by atoms with E-state index in [1.165, 1.54) is 0 Å². The van der Waals surface area contributed by atoms with Crippen molar-refractivity contribution >= 4 is 38.3 Å². The molecule has 0 bridgehead atoms. The summed E-state index contributed by atoms with van der Waals surface area (Å²) in [6.07, 6.45) is 1.58. The lowest BCUT2D eigenvalue weighted by molar-refractivity contribution is 0.0526. The van der Waals surface area contributed by atoms with E-state index in [1.54, 1.807) is 66.6 Å². The molecule has 5 rings (SSSR count). The lowest BCUT2D eigenvalue weighted by Gasteiger charge is -2.36. The Morgan fingerprint density at radius 2 is 1.59 bits per heavy atom. The summed E-state index contributed by atoms with van der Waals surface area (Å²) in [5.74, 6) is -0.651. The second kappa shape index (κ2) is 11.2. The Bertz CT molecular complexity index is 1610. The first-order chi connectivity index (χ1) is 18.9. The number of carbonyl (C=O) groups excluding carboxylic acids is 2. The zero-order valence-electron chi connectivity index (χ0n) is 21.6. The van der Waals surface area contributed by atoms with Crippen LogP contribution in [0.3, 0.4) is 0 Å². The minimum absolute atomic E-state index is 0.110. The van der Waals surface area contributed by atoms with Crippen molar-refractivity contribution in [3.05, 3.63) is 102 Å². The van der Waals surface area contributed by atoms with Gasteiger partial charge in [0.15, 0.2) is 9.84 Å². The number of benzene rings is 3. The van der Waals surface area contributed by atoms with E-state index < -0.39 is 9.84 Å². The summed E-state index contributed by atoms with van der Waals surface area (Å²) in [4.78, 5) is 33.9. The highest BCUT2D eigenvalue weighted by atomic mass is 32.2. The van der Waals surface area contributed by atoms with Gasteiger partial charge in [0, 0.05) is 43.3 Å². The van der Waals surface area contributed by atoms with Crippen molar-refractivity contribution in [2.75, 3.05) is 37.7 Å².